The van der Waals surface area contributed by atoms with E-state index in [4.69, 9.17) is 4.74 Å². The highest BCUT2D eigenvalue weighted by Crippen LogP contribution is 2.49. The summed E-state index contributed by atoms with van der Waals surface area (Å²) in [6.45, 7) is 0. The van der Waals surface area contributed by atoms with Crippen molar-refractivity contribution in [3.63, 3.8) is 0 Å². The SMILES string of the molecule is C1=CC2=C(CC1)C1C=C(C3=CC4C5=CC(n6c7ccccc7c7ccccc76)CC=C5OC4C=C3)C=CC1N2c1ccccc1. The summed E-state index contributed by atoms with van der Waals surface area (Å²) in [5.41, 5.74) is 10.8. The van der Waals surface area contributed by atoms with E-state index in [1.165, 1.54) is 49.9 Å². The molecule has 5 unspecified atom stereocenters. The standard InChI is InChI=1S/C42H34N2O/c1-2-10-29(11-3-1)43-39-17-9-6-14-33(39)34-24-27(18-21-40(34)43)28-19-22-41-35(25-28)36-26-30(20-23-42(36)45-41)44-37-15-7-4-12-31(37)32-13-5-8-16-38(32)44/h1-5,7-13,15-19,21-26,30,34-35,40-41H,6,14,20H2. The number of rotatable bonds is 3. The van der Waals surface area contributed by atoms with Crippen molar-refractivity contribution >= 4 is 27.5 Å². The van der Waals surface area contributed by atoms with Gasteiger partial charge in [-0.2, -0.15) is 0 Å². The highest BCUT2D eigenvalue weighted by Gasteiger charge is 2.41. The van der Waals surface area contributed by atoms with Crippen LogP contribution >= 0.6 is 0 Å². The average molecular weight is 583 g/mol. The highest BCUT2D eigenvalue weighted by molar-refractivity contribution is 6.08. The van der Waals surface area contributed by atoms with Gasteiger partial charge < -0.3 is 14.2 Å². The van der Waals surface area contributed by atoms with Gasteiger partial charge in [0.2, 0.25) is 0 Å². The van der Waals surface area contributed by atoms with Crippen molar-refractivity contribution < 1.29 is 4.74 Å². The van der Waals surface area contributed by atoms with Gasteiger partial charge in [0.05, 0.1) is 12.1 Å². The lowest BCUT2D eigenvalue weighted by Gasteiger charge is -2.31. The molecule has 1 fully saturated rings. The molecule has 10 rings (SSSR count). The van der Waals surface area contributed by atoms with Crippen LogP contribution in [0.4, 0.5) is 5.69 Å². The Hall–Kier alpha value is -5.02. The van der Waals surface area contributed by atoms with Gasteiger partial charge in [0.15, 0.2) is 0 Å². The predicted octanol–water partition coefficient (Wildman–Crippen LogP) is 9.67. The molecule has 0 radical (unpaired) electrons. The lowest BCUT2D eigenvalue weighted by Crippen LogP contribution is -2.33. The van der Waals surface area contributed by atoms with E-state index in [9.17, 15) is 0 Å². The smallest absolute Gasteiger partial charge is 0.128 e. The molecule has 0 N–H and O–H groups in total. The Kier molecular flexibility index (Phi) is 5.48. The van der Waals surface area contributed by atoms with Crippen molar-refractivity contribution in [2.45, 2.75) is 37.5 Å². The first-order chi connectivity index (χ1) is 22.3. The van der Waals surface area contributed by atoms with Crippen molar-refractivity contribution in [1.29, 1.82) is 0 Å². The Balaban J connectivity index is 1.01. The third kappa shape index (κ3) is 3.77. The molecule has 218 valence electrons. The van der Waals surface area contributed by atoms with Crippen LogP contribution in [0, 0.1) is 11.8 Å². The minimum absolute atomic E-state index is 0.0573. The van der Waals surface area contributed by atoms with Gasteiger partial charge in [-0.1, -0.05) is 97.1 Å². The molecule has 2 aliphatic heterocycles. The molecule has 3 heteroatoms. The summed E-state index contributed by atoms with van der Waals surface area (Å²) in [4.78, 5) is 2.55. The zero-order valence-electron chi connectivity index (χ0n) is 25.1. The summed E-state index contributed by atoms with van der Waals surface area (Å²) in [6, 6.07) is 29.1. The van der Waals surface area contributed by atoms with Gasteiger partial charge in [0.1, 0.15) is 11.9 Å². The molecule has 0 amide bonds. The largest absolute Gasteiger partial charge is 0.485 e. The molecule has 3 nitrogen and oxygen atoms in total. The van der Waals surface area contributed by atoms with Crippen molar-refractivity contribution in [2.24, 2.45) is 11.8 Å². The molecular formula is C42H34N2O. The van der Waals surface area contributed by atoms with Crippen LogP contribution in [0.5, 0.6) is 0 Å². The minimum Gasteiger partial charge on any atom is -0.485 e. The number of benzene rings is 3. The second-order valence-corrected chi connectivity index (χ2v) is 13.0. The Bertz CT molecular complexity index is 2090. The average Bonchev–Trinajstić information content (AvgIpc) is 3.75. The van der Waals surface area contributed by atoms with E-state index in [-0.39, 0.29) is 18.1 Å². The molecule has 0 saturated carbocycles. The highest BCUT2D eigenvalue weighted by atomic mass is 16.5. The molecule has 0 bridgehead atoms. The van der Waals surface area contributed by atoms with E-state index in [2.05, 4.69) is 149 Å². The molecule has 3 aromatic carbocycles. The van der Waals surface area contributed by atoms with Crippen molar-refractivity contribution in [3.05, 3.63) is 173 Å². The maximum Gasteiger partial charge on any atom is 0.128 e. The molecule has 3 heterocycles. The summed E-state index contributed by atoms with van der Waals surface area (Å²) in [5, 5.41) is 2.65. The summed E-state index contributed by atoms with van der Waals surface area (Å²) in [6.07, 6.45) is 27.1. The first kappa shape index (κ1) is 25.3. The van der Waals surface area contributed by atoms with Crippen LogP contribution in [0.1, 0.15) is 25.3 Å². The van der Waals surface area contributed by atoms with E-state index in [0.29, 0.717) is 12.0 Å². The molecule has 1 aromatic heterocycles. The van der Waals surface area contributed by atoms with E-state index in [1.54, 1.807) is 5.57 Å². The van der Waals surface area contributed by atoms with Crippen LogP contribution in [0.15, 0.2) is 173 Å². The molecule has 5 atom stereocenters. The molecule has 4 aromatic rings. The van der Waals surface area contributed by atoms with Gasteiger partial charge in [0, 0.05) is 50.6 Å². The van der Waals surface area contributed by atoms with E-state index in [0.717, 1.165) is 25.0 Å². The number of hydrogen-bond acceptors (Lipinski definition) is 2. The monoisotopic (exact) mass is 582 g/mol. The van der Waals surface area contributed by atoms with Crippen LogP contribution in [-0.4, -0.2) is 16.7 Å². The number of aromatic nitrogens is 1. The third-order valence-corrected chi connectivity index (χ3v) is 10.7. The summed E-state index contributed by atoms with van der Waals surface area (Å²) < 4.78 is 9.08. The third-order valence-electron chi connectivity index (χ3n) is 10.7. The Morgan fingerprint density at radius 2 is 1.40 bits per heavy atom. The normalized spacial score (nSPS) is 27.8. The van der Waals surface area contributed by atoms with E-state index in [1.807, 2.05) is 0 Å². The van der Waals surface area contributed by atoms with E-state index >= 15 is 0 Å². The van der Waals surface area contributed by atoms with Gasteiger partial charge in [-0.05, 0) is 78.5 Å². The molecule has 6 aliphatic rings. The lowest BCUT2D eigenvalue weighted by molar-refractivity contribution is 0.183. The van der Waals surface area contributed by atoms with E-state index < -0.39 is 0 Å². The second kappa shape index (κ2) is 9.74. The van der Waals surface area contributed by atoms with Crippen LogP contribution in [0.2, 0.25) is 0 Å². The van der Waals surface area contributed by atoms with Gasteiger partial charge in [-0.25, -0.2) is 0 Å². The van der Waals surface area contributed by atoms with Crippen LogP contribution < -0.4 is 4.90 Å². The first-order valence-corrected chi connectivity index (χ1v) is 16.4. The minimum atomic E-state index is 0.0573. The molecule has 45 heavy (non-hydrogen) atoms. The number of nitrogens with zero attached hydrogens (tertiary/aromatic N) is 2. The zero-order valence-corrected chi connectivity index (χ0v) is 25.1. The number of allylic oxidation sites excluding steroid dienone is 9. The topological polar surface area (TPSA) is 17.4 Å². The Morgan fingerprint density at radius 3 is 2.20 bits per heavy atom. The van der Waals surface area contributed by atoms with Gasteiger partial charge in [-0.3, -0.25) is 0 Å². The molecular weight excluding hydrogens is 548 g/mol. The van der Waals surface area contributed by atoms with Crippen LogP contribution in [0.25, 0.3) is 21.8 Å². The van der Waals surface area contributed by atoms with Crippen LogP contribution in [-0.2, 0) is 4.74 Å². The fourth-order valence-corrected chi connectivity index (χ4v) is 8.68. The Labute approximate surface area is 263 Å². The number of para-hydroxylation sites is 3. The first-order valence-electron chi connectivity index (χ1n) is 16.4. The van der Waals surface area contributed by atoms with Crippen molar-refractivity contribution in [3.8, 4) is 0 Å². The molecule has 1 saturated heterocycles. The number of hydrogen-bond donors (Lipinski definition) is 0. The Morgan fingerprint density at radius 1 is 0.689 bits per heavy atom. The van der Waals surface area contributed by atoms with Gasteiger partial charge in [-0.15, -0.1) is 0 Å². The summed E-state index contributed by atoms with van der Waals surface area (Å²) in [5.74, 6) is 1.67. The quantitative estimate of drug-likeness (QED) is 0.239. The molecule has 0 spiro atoms. The lowest BCUT2D eigenvalue weighted by atomic mass is 9.80. The number of anilines is 1. The van der Waals surface area contributed by atoms with Crippen molar-refractivity contribution in [2.75, 3.05) is 4.90 Å². The van der Waals surface area contributed by atoms with Gasteiger partial charge in [0.25, 0.3) is 0 Å². The summed E-state index contributed by atoms with van der Waals surface area (Å²) in [7, 11) is 0. The second-order valence-electron chi connectivity index (χ2n) is 13.0. The fourth-order valence-electron chi connectivity index (χ4n) is 8.68. The van der Waals surface area contributed by atoms with Crippen LogP contribution in [0.3, 0.4) is 0 Å². The van der Waals surface area contributed by atoms with Gasteiger partial charge >= 0.3 is 0 Å². The number of fused-ring (bicyclic) bond motifs is 8. The van der Waals surface area contributed by atoms with Crippen molar-refractivity contribution in [1.82, 2.24) is 4.57 Å². The predicted molar refractivity (Wildman–Crippen MR) is 184 cm³/mol. The maximum absolute atomic E-state index is 6.54. The maximum atomic E-state index is 6.54. The number of ether oxygens (including phenoxy) is 1. The molecule has 4 aliphatic carbocycles. The summed E-state index contributed by atoms with van der Waals surface area (Å²) >= 11 is 0. The fraction of sp³-hybridized carbons (Fsp3) is 0.190. The zero-order chi connectivity index (χ0) is 29.5.